The molecule has 1 heterocycles. The summed E-state index contributed by atoms with van der Waals surface area (Å²) >= 11 is 18.6. The maximum Gasteiger partial charge on any atom is 0.500 e. The fourth-order valence-electron chi connectivity index (χ4n) is 3.25. The number of hydrogen-bond acceptors (Lipinski definition) is 8. The molecule has 1 aliphatic carbocycles. The van der Waals surface area contributed by atoms with Crippen LogP contribution in [0, 0.1) is 5.92 Å². The van der Waals surface area contributed by atoms with Crippen molar-refractivity contribution in [3.63, 3.8) is 0 Å². The van der Waals surface area contributed by atoms with Crippen LogP contribution in [0.1, 0.15) is 17.8 Å². The molecule has 0 saturated carbocycles. The summed E-state index contributed by atoms with van der Waals surface area (Å²) in [5.41, 5.74) is 1.89. The number of allylic oxidation sites excluding steroid dienone is 2. The van der Waals surface area contributed by atoms with E-state index in [0.717, 1.165) is 43.4 Å². The first-order valence-corrected chi connectivity index (χ1v) is 12.8. The molecule has 0 radical (unpaired) electrons. The van der Waals surface area contributed by atoms with Gasteiger partial charge in [-0.25, -0.2) is 4.98 Å². The monoisotopic (exact) mass is 467 g/mol. The molecule has 0 spiro atoms. The van der Waals surface area contributed by atoms with Gasteiger partial charge in [0.1, 0.15) is 5.01 Å². The lowest BCUT2D eigenvalue weighted by Crippen LogP contribution is -2.43. The van der Waals surface area contributed by atoms with Crippen molar-refractivity contribution in [1.29, 1.82) is 0 Å². The predicted molar refractivity (Wildman–Crippen MR) is 130 cm³/mol. The number of para-hydroxylation sites is 1. The molecule has 1 unspecified atom stereocenters. The second kappa shape index (κ2) is 9.35. The van der Waals surface area contributed by atoms with Gasteiger partial charge in [-0.1, -0.05) is 48.8 Å². The molecule has 0 N–H and O–H groups in total. The van der Waals surface area contributed by atoms with Gasteiger partial charge in [-0.2, -0.15) is 0 Å². The first-order chi connectivity index (χ1) is 13.4. The summed E-state index contributed by atoms with van der Waals surface area (Å²) < 4.78 is 17.7. The van der Waals surface area contributed by atoms with Crippen molar-refractivity contribution in [2.45, 2.75) is 18.9 Å². The van der Waals surface area contributed by atoms with Gasteiger partial charge in [0, 0.05) is 48.6 Å². The number of benzene rings is 1. The Kier molecular flexibility index (Phi) is 7.32. The SMILES string of the molecule is CO[Si](CCCC1C(=S)C(=S)C=C(c2nc3ccccc3s2)C1=S)(OC)OC. The third-order valence-corrected chi connectivity index (χ3v) is 10.2. The lowest BCUT2D eigenvalue weighted by atomic mass is 9.85. The molecule has 9 heteroatoms. The Labute approximate surface area is 186 Å². The Morgan fingerprint density at radius 1 is 1.04 bits per heavy atom. The number of rotatable bonds is 8. The molecule has 148 valence electrons. The molecule has 0 amide bonds. The van der Waals surface area contributed by atoms with Gasteiger partial charge in [0.2, 0.25) is 0 Å². The van der Waals surface area contributed by atoms with Gasteiger partial charge in [0.25, 0.3) is 0 Å². The smallest absolute Gasteiger partial charge is 0.377 e. The van der Waals surface area contributed by atoms with Crippen molar-refractivity contribution in [3.05, 3.63) is 35.3 Å². The van der Waals surface area contributed by atoms with Crippen LogP contribution in [-0.2, 0) is 13.3 Å². The Balaban J connectivity index is 1.80. The second-order valence-electron chi connectivity index (χ2n) is 6.38. The third-order valence-electron chi connectivity index (χ3n) is 4.85. The average Bonchev–Trinajstić information content (AvgIpc) is 3.15. The van der Waals surface area contributed by atoms with Crippen LogP contribution in [0.25, 0.3) is 15.8 Å². The van der Waals surface area contributed by atoms with Gasteiger partial charge in [-0.15, -0.1) is 11.3 Å². The van der Waals surface area contributed by atoms with Crippen molar-refractivity contribution in [2.24, 2.45) is 5.92 Å². The minimum Gasteiger partial charge on any atom is -0.377 e. The van der Waals surface area contributed by atoms with E-state index in [1.165, 1.54) is 0 Å². The topological polar surface area (TPSA) is 40.6 Å². The molecule has 28 heavy (non-hydrogen) atoms. The van der Waals surface area contributed by atoms with Gasteiger partial charge in [0.05, 0.1) is 15.1 Å². The summed E-state index contributed by atoms with van der Waals surface area (Å²) in [7, 11) is 2.26. The highest BCUT2D eigenvalue weighted by molar-refractivity contribution is 7.90. The van der Waals surface area contributed by atoms with Crippen LogP contribution >= 0.6 is 48.0 Å². The van der Waals surface area contributed by atoms with Crippen LogP contribution in [0.15, 0.2) is 30.3 Å². The second-order valence-corrected chi connectivity index (χ2v) is 11.8. The summed E-state index contributed by atoms with van der Waals surface area (Å²) in [6.07, 6.45) is 3.51. The molecular weight excluding hydrogens is 447 g/mol. The molecule has 1 aliphatic rings. The standard InChI is InChI=1S/C19H21NO3S4Si/c1-21-28(22-2,23-3)10-6-7-12-17(25)13(11-15(24)18(12)26)19-20-14-8-4-5-9-16(14)27-19/h4-5,8-9,11-12H,6-7,10H2,1-3H3. The Morgan fingerprint density at radius 3 is 2.36 bits per heavy atom. The van der Waals surface area contributed by atoms with Crippen LogP contribution in [0.3, 0.4) is 0 Å². The molecule has 1 aromatic carbocycles. The zero-order valence-corrected chi connectivity index (χ0v) is 20.2. The first kappa shape index (κ1) is 21.9. The van der Waals surface area contributed by atoms with Crippen molar-refractivity contribution in [1.82, 2.24) is 4.98 Å². The highest BCUT2D eigenvalue weighted by Gasteiger charge is 2.38. The summed E-state index contributed by atoms with van der Waals surface area (Å²) in [6, 6.07) is 8.77. The van der Waals surface area contributed by atoms with Gasteiger partial charge < -0.3 is 13.3 Å². The summed E-state index contributed by atoms with van der Waals surface area (Å²) in [4.78, 5) is 6.98. The lowest BCUT2D eigenvalue weighted by molar-refractivity contribution is 0.122. The number of hydrogen-bond donors (Lipinski definition) is 0. The highest BCUT2D eigenvalue weighted by atomic mass is 32.1. The zero-order valence-electron chi connectivity index (χ0n) is 15.9. The molecule has 0 saturated heterocycles. The van der Waals surface area contributed by atoms with E-state index in [0.29, 0.717) is 10.9 Å². The maximum atomic E-state index is 5.83. The van der Waals surface area contributed by atoms with Gasteiger partial charge >= 0.3 is 8.80 Å². The van der Waals surface area contributed by atoms with Crippen LogP contribution < -0.4 is 0 Å². The largest absolute Gasteiger partial charge is 0.500 e. The van der Waals surface area contributed by atoms with E-state index in [2.05, 4.69) is 6.07 Å². The fourth-order valence-corrected chi connectivity index (χ4v) is 7.08. The Morgan fingerprint density at radius 2 is 1.71 bits per heavy atom. The molecule has 3 rings (SSSR count). The fraction of sp³-hybridized carbons (Fsp3) is 0.368. The van der Waals surface area contributed by atoms with E-state index < -0.39 is 8.80 Å². The quantitative estimate of drug-likeness (QED) is 0.396. The summed E-state index contributed by atoms with van der Waals surface area (Å²) in [6.45, 7) is 0. The highest BCUT2D eigenvalue weighted by Crippen LogP contribution is 2.34. The average molecular weight is 468 g/mol. The van der Waals surface area contributed by atoms with E-state index in [-0.39, 0.29) is 5.92 Å². The molecule has 0 bridgehead atoms. The molecule has 2 aromatic rings. The van der Waals surface area contributed by atoms with E-state index >= 15 is 0 Å². The third kappa shape index (κ3) is 4.36. The molecule has 1 aromatic heterocycles. The van der Waals surface area contributed by atoms with E-state index in [9.17, 15) is 0 Å². The number of thiazole rings is 1. The summed E-state index contributed by atoms with van der Waals surface area (Å²) in [5, 5.41) is 0.899. The Bertz CT molecular complexity index is 910. The van der Waals surface area contributed by atoms with Crippen LogP contribution in [0.2, 0.25) is 6.04 Å². The molecule has 0 aliphatic heterocycles. The predicted octanol–water partition coefficient (Wildman–Crippen LogP) is 5.08. The van der Waals surface area contributed by atoms with Crippen LogP contribution in [-0.4, -0.2) is 49.7 Å². The van der Waals surface area contributed by atoms with Crippen molar-refractivity contribution >= 4 is 87.2 Å². The normalized spacial score (nSPS) is 18.0. The number of thiocarbonyl (C=S) groups is 3. The van der Waals surface area contributed by atoms with E-state index in [1.807, 2.05) is 24.3 Å². The van der Waals surface area contributed by atoms with Crippen molar-refractivity contribution < 1.29 is 13.3 Å². The van der Waals surface area contributed by atoms with Crippen LogP contribution in [0.4, 0.5) is 0 Å². The molecule has 1 atom stereocenters. The molecule has 0 fully saturated rings. The minimum atomic E-state index is -2.61. The maximum absolute atomic E-state index is 5.83. The lowest BCUT2D eigenvalue weighted by Gasteiger charge is -2.27. The van der Waals surface area contributed by atoms with E-state index in [4.69, 9.17) is 54.9 Å². The summed E-state index contributed by atoms with van der Waals surface area (Å²) in [5.74, 6) is -0.0539. The number of aromatic nitrogens is 1. The molecular formula is C19H21NO3S4Si. The van der Waals surface area contributed by atoms with Gasteiger partial charge in [0.15, 0.2) is 0 Å². The molecule has 4 nitrogen and oxygen atoms in total. The minimum absolute atomic E-state index is 0.0539. The van der Waals surface area contributed by atoms with Crippen LogP contribution in [0.5, 0.6) is 0 Å². The first-order valence-electron chi connectivity index (χ1n) is 8.80. The van der Waals surface area contributed by atoms with Gasteiger partial charge in [-0.05, 0) is 31.1 Å². The van der Waals surface area contributed by atoms with Crippen molar-refractivity contribution in [3.8, 4) is 0 Å². The number of nitrogens with zero attached hydrogens (tertiary/aromatic N) is 1. The Hall–Kier alpha value is -0.783. The van der Waals surface area contributed by atoms with E-state index in [1.54, 1.807) is 32.7 Å². The number of fused-ring (bicyclic) bond motifs is 1. The zero-order chi connectivity index (χ0) is 20.3. The van der Waals surface area contributed by atoms with Crippen molar-refractivity contribution in [2.75, 3.05) is 21.3 Å². The van der Waals surface area contributed by atoms with Gasteiger partial charge in [-0.3, -0.25) is 0 Å².